The Morgan fingerprint density at radius 2 is 2.12 bits per heavy atom. The SMILES string of the molecule is C[C@H]1CCCN([C@@H](CO)c2ccccc2)C1. The maximum atomic E-state index is 9.58. The summed E-state index contributed by atoms with van der Waals surface area (Å²) in [7, 11) is 0. The molecule has 2 nitrogen and oxygen atoms in total. The van der Waals surface area contributed by atoms with Gasteiger partial charge in [-0.05, 0) is 30.9 Å². The third-order valence-corrected chi connectivity index (χ3v) is 3.49. The summed E-state index contributed by atoms with van der Waals surface area (Å²) in [4.78, 5) is 2.42. The molecule has 88 valence electrons. The maximum absolute atomic E-state index is 9.58. The van der Waals surface area contributed by atoms with Gasteiger partial charge in [-0.1, -0.05) is 37.3 Å². The molecule has 0 bridgehead atoms. The Morgan fingerprint density at radius 3 is 2.75 bits per heavy atom. The zero-order valence-electron chi connectivity index (χ0n) is 9.97. The second kappa shape index (κ2) is 5.46. The van der Waals surface area contributed by atoms with Gasteiger partial charge in [0, 0.05) is 6.54 Å². The fourth-order valence-corrected chi connectivity index (χ4v) is 2.62. The van der Waals surface area contributed by atoms with E-state index in [2.05, 4.69) is 24.0 Å². The van der Waals surface area contributed by atoms with Crippen LogP contribution < -0.4 is 0 Å². The van der Waals surface area contributed by atoms with Crippen molar-refractivity contribution < 1.29 is 5.11 Å². The first-order valence-corrected chi connectivity index (χ1v) is 6.21. The summed E-state index contributed by atoms with van der Waals surface area (Å²) in [5.41, 5.74) is 1.24. The minimum Gasteiger partial charge on any atom is -0.394 e. The number of rotatable bonds is 3. The summed E-state index contributed by atoms with van der Waals surface area (Å²) in [6.45, 7) is 4.74. The first-order valence-electron chi connectivity index (χ1n) is 6.21. The molecule has 1 aromatic carbocycles. The van der Waals surface area contributed by atoms with Crippen molar-refractivity contribution in [2.24, 2.45) is 5.92 Å². The van der Waals surface area contributed by atoms with Gasteiger partial charge in [-0.15, -0.1) is 0 Å². The number of hydrogen-bond acceptors (Lipinski definition) is 2. The van der Waals surface area contributed by atoms with E-state index in [-0.39, 0.29) is 12.6 Å². The van der Waals surface area contributed by atoms with Crippen molar-refractivity contribution >= 4 is 0 Å². The van der Waals surface area contributed by atoms with Crippen LogP contribution in [0.5, 0.6) is 0 Å². The molecule has 1 fully saturated rings. The van der Waals surface area contributed by atoms with Crippen molar-refractivity contribution in [1.82, 2.24) is 4.90 Å². The van der Waals surface area contributed by atoms with Crippen molar-refractivity contribution in [3.8, 4) is 0 Å². The standard InChI is InChI=1S/C14H21NO/c1-12-6-5-9-15(10-12)14(11-16)13-7-3-2-4-8-13/h2-4,7-8,12,14,16H,5-6,9-11H2,1H3/t12-,14-/m0/s1. The smallest absolute Gasteiger partial charge is 0.0628 e. The van der Waals surface area contributed by atoms with Crippen LogP contribution in [0.15, 0.2) is 30.3 Å². The predicted octanol–water partition coefficient (Wildman–Crippen LogP) is 2.45. The maximum Gasteiger partial charge on any atom is 0.0628 e. The Balaban J connectivity index is 2.10. The topological polar surface area (TPSA) is 23.5 Å². The Hall–Kier alpha value is -0.860. The molecule has 1 saturated heterocycles. The molecular weight excluding hydrogens is 198 g/mol. The van der Waals surface area contributed by atoms with E-state index < -0.39 is 0 Å². The van der Waals surface area contributed by atoms with Gasteiger partial charge in [0.05, 0.1) is 12.6 Å². The summed E-state index contributed by atoms with van der Waals surface area (Å²) < 4.78 is 0. The van der Waals surface area contributed by atoms with Crippen LogP contribution in [0.25, 0.3) is 0 Å². The molecule has 0 unspecified atom stereocenters. The highest BCUT2D eigenvalue weighted by atomic mass is 16.3. The number of nitrogens with zero attached hydrogens (tertiary/aromatic N) is 1. The van der Waals surface area contributed by atoms with E-state index in [1.54, 1.807) is 0 Å². The first kappa shape index (κ1) is 11.6. The zero-order valence-corrected chi connectivity index (χ0v) is 9.97. The summed E-state index contributed by atoms with van der Waals surface area (Å²) in [5.74, 6) is 0.756. The number of benzene rings is 1. The molecule has 0 spiro atoms. The van der Waals surface area contributed by atoms with Crippen molar-refractivity contribution in [2.75, 3.05) is 19.7 Å². The van der Waals surface area contributed by atoms with E-state index in [9.17, 15) is 5.11 Å². The normalized spacial score (nSPS) is 24.2. The van der Waals surface area contributed by atoms with Gasteiger partial charge in [0.2, 0.25) is 0 Å². The van der Waals surface area contributed by atoms with Crippen LogP contribution in [-0.4, -0.2) is 29.7 Å². The Bertz CT molecular complexity index is 312. The quantitative estimate of drug-likeness (QED) is 0.844. The Labute approximate surface area is 97.9 Å². The number of hydrogen-bond donors (Lipinski definition) is 1. The van der Waals surface area contributed by atoms with Gasteiger partial charge in [-0.3, -0.25) is 4.90 Å². The first-order chi connectivity index (χ1) is 7.81. The van der Waals surface area contributed by atoms with Crippen LogP contribution >= 0.6 is 0 Å². The molecule has 0 amide bonds. The van der Waals surface area contributed by atoms with E-state index in [1.165, 1.54) is 18.4 Å². The molecule has 2 atom stereocenters. The molecule has 1 aliphatic heterocycles. The van der Waals surface area contributed by atoms with Crippen molar-refractivity contribution in [1.29, 1.82) is 0 Å². The highest BCUT2D eigenvalue weighted by molar-refractivity contribution is 5.19. The lowest BCUT2D eigenvalue weighted by Gasteiger charge is -2.36. The fourth-order valence-electron chi connectivity index (χ4n) is 2.62. The molecule has 1 aromatic rings. The summed E-state index contributed by atoms with van der Waals surface area (Å²) in [6, 6.07) is 10.5. The van der Waals surface area contributed by atoms with Gasteiger partial charge in [-0.25, -0.2) is 0 Å². The zero-order chi connectivity index (χ0) is 11.4. The summed E-state index contributed by atoms with van der Waals surface area (Å²) in [6.07, 6.45) is 2.58. The highest BCUT2D eigenvalue weighted by Crippen LogP contribution is 2.26. The second-order valence-electron chi connectivity index (χ2n) is 4.85. The number of likely N-dealkylation sites (tertiary alicyclic amines) is 1. The van der Waals surface area contributed by atoms with Crippen molar-refractivity contribution in [3.63, 3.8) is 0 Å². The van der Waals surface area contributed by atoms with Gasteiger partial charge >= 0.3 is 0 Å². The lowest BCUT2D eigenvalue weighted by molar-refractivity contribution is 0.0839. The molecule has 1 heterocycles. The monoisotopic (exact) mass is 219 g/mol. The average Bonchev–Trinajstić information content (AvgIpc) is 2.31. The van der Waals surface area contributed by atoms with Crippen LogP contribution in [0.2, 0.25) is 0 Å². The molecular formula is C14H21NO. The lowest BCUT2D eigenvalue weighted by atomic mass is 9.96. The Morgan fingerprint density at radius 1 is 1.38 bits per heavy atom. The molecule has 16 heavy (non-hydrogen) atoms. The summed E-state index contributed by atoms with van der Waals surface area (Å²) >= 11 is 0. The number of aliphatic hydroxyl groups is 1. The van der Waals surface area contributed by atoms with Gasteiger partial charge in [0.25, 0.3) is 0 Å². The third kappa shape index (κ3) is 2.63. The summed E-state index contributed by atoms with van der Waals surface area (Å²) in [5, 5.41) is 9.58. The van der Waals surface area contributed by atoms with Gasteiger partial charge in [-0.2, -0.15) is 0 Å². The molecule has 1 aliphatic rings. The highest BCUT2D eigenvalue weighted by Gasteiger charge is 2.24. The third-order valence-electron chi connectivity index (χ3n) is 3.49. The molecule has 0 aliphatic carbocycles. The predicted molar refractivity (Wildman–Crippen MR) is 66.2 cm³/mol. The number of piperidine rings is 1. The second-order valence-corrected chi connectivity index (χ2v) is 4.85. The molecule has 0 radical (unpaired) electrons. The number of aliphatic hydroxyl groups excluding tert-OH is 1. The van der Waals surface area contributed by atoms with E-state index >= 15 is 0 Å². The van der Waals surface area contributed by atoms with Gasteiger partial charge in [0.15, 0.2) is 0 Å². The molecule has 0 aromatic heterocycles. The van der Waals surface area contributed by atoms with Crippen molar-refractivity contribution in [2.45, 2.75) is 25.8 Å². The van der Waals surface area contributed by atoms with E-state index in [0.29, 0.717) is 0 Å². The Kier molecular flexibility index (Phi) is 3.97. The van der Waals surface area contributed by atoms with Crippen LogP contribution in [0.1, 0.15) is 31.4 Å². The van der Waals surface area contributed by atoms with Crippen LogP contribution in [-0.2, 0) is 0 Å². The van der Waals surface area contributed by atoms with Gasteiger partial charge in [0.1, 0.15) is 0 Å². The van der Waals surface area contributed by atoms with E-state index in [4.69, 9.17) is 0 Å². The van der Waals surface area contributed by atoms with Crippen LogP contribution in [0.4, 0.5) is 0 Å². The van der Waals surface area contributed by atoms with Crippen LogP contribution in [0, 0.1) is 5.92 Å². The van der Waals surface area contributed by atoms with E-state index in [0.717, 1.165) is 19.0 Å². The molecule has 1 N–H and O–H groups in total. The minimum absolute atomic E-state index is 0.184. The van der Waals surface area contributed by atoms with Crippen LogP contribution in [0.3, 0.4) is 0 Å². The average molecular weight is 219 g/mol. The fraction of sp³-hybridized carbons (Fsp3) is 0.571. The lowest BCUT2D eigenvalue weighted by Crippen LogP contribution is -2.38. The van der Waals surface area contributed by atoms with E-state index in [1.807, 2.05) is 18.2 Å². The minimum atomic E-state index is 0.184. The van der Waals surface area contributed by atoms with Gasteiger partial charge < -0.3 is 5.11 Å². The molecule has 2 heteroatoms. The molecule has 2 rings (SSSR count). The molecule has 0 saturated carbocycles. The van der Waals surface area contributed by atoms with Crippen molar-refractivity contribution in [3.05, 3.63) is 35.9 Å². The largest absolute Gasteiger partial charge is 0.394 e.